The Morgan fingerprint density at radius 2 is 1.94 bits per heavy atom. The Bertz CT molecular complexity index is 859. The Morgan fingerprint density at radius 1 is 1.19 bits per heavy atom. The fourth-order valence-electron chi connectivity index (χ4n) is 3.41. The molecule has 10 heteroatoms. The summed E-state index contributed by atoms with van der Waals surface area (Å²) >= 11 is 1.50. The highest BCUT2D eigenvalue weighted by Crippen LogP contribution is 2.30. The topological polar surface area (TPSA) is 103 Å². The van der Waals surface area contributed by atoms with E-state index in [1.165, 1.54) is 11.3 Å². The number of furan rings is 1. The number of nitrogens with one attached hydrogen (secondary N) is 1. The van der Waals surface area contributed by atoms with Gasteiger partial charge in [0.15, 0.2) is 0 Å². The summed E-state index contributed by atoms with van der Waals surface area (Å²) in [6, 6.07) is 3.71. The summed E-state index contributed by atoms with van der Waals surface area (Å²) in [4.78, 5) is 31.1. The highest BCUT2D eigenvalue weighted by Gasteiger charge is 2.26. The number of methoxy groups -OCH3 is 1. The van der Waals surface area contributed by atoms with Crippen LogP contribution in [0, 0.1) is 6.92 Å². The number of hydrogen-bond donors (Lipinski definition) is 1. The van der Waals surface area contributed by atoms with Gasteiger partial charge in [0.05, 0.1) is 38.0 Å². The van der Waals surface area contributed by atoms with E-state index in [9.17, 15) is 9.59 Å². The first-order chi connectivity index (χ1) is 15.6. The molecule has 32 heavy (non-hydrogen) atoms. The van der Waals surface area contributed by atoms with E-state index in [2.05, 4.69) is 10.3 Å². The number of carbonyl (C=O) groups excluding carboxylic acids is 2. The predicted octanol–water partition coefficient (Wildman–Crippen LogP) is 2.36. The van der Waals surface area contributed by atoms with Crippen molar-refractivity contribution in [2.24, 2.45) is 0 Å². The van der Waals surface area contributed by atoms with Crippen molar-refractivity contribution in [3.05, 3.63) is 39.7 Å². The first kappa shape index (κ1) is 24.4. The third kappa shape index (κ3) is 7.40. The molecule has 1 N–H and O–H groups in total. The van der Waals surface area contributed by atoms with E-state index in [1.54, 1.807) is 12.5 Å². The average molecular weight is 466 g/mol. The molecule has 1 aliphatic heterocycles. The zero-order valence-electron chi connectivity index (χ0n) is 18.6. The fraction of sp³-hybridized carbons (Fsp3) is 0.591. The monoisotopic (exact) mass is 465 g/mol. The molecule has 2 amide bonds. The number of amides is 2. The van der Waals surface area contributed by atoms with E-state index in [0.29, 0.717) is 57.5 Å². The lowest BCUT2D eigenvalue weighted by molar-refractivity contribution is -0.137. The van der Waals surface area contributed by atoms with Crippen LogP contribution in [0.25, 0.3) is 0 Å². The number of carbonyl (C=O) groups is 2. The van der Waals surface area contributed by atoms with E-state index in [0.717, 1.165) is 23.6 Å². The van der Waals surface area contributed by atoms with Gasteiger partial charge in [0.2, 0.25) is 5.91 Å². The molecule has 0 atom stereocenters. The van der Waals surface area contributed by atoms with Crippen LogP contribution in [0.4, 0.5) is 0 Å². The van der Waals surface area contributed by atoms with Crippen molar-refractivity contribution < 1.29 is 28.2 Å². The van der Waals surface area contributed by atoms with Crippen molar-refractivity contribution in [2.75, 3.05) is 53.2 Å². The maximum atomic E-state index is 12.4. The minimum atomic E-state index is -0.211. The van der Waals surface area contributed by atoms with Crippen molar-refractivity contribution in [2.45, 2.75) is 32.2 Å². The van der Waals surface area contributed by atoms with Crippen molar-refractivity contribution in [3.63, 3.8) is 0 Å². The number of piperidine rings is 1. The number of nitrogens with zero attached hydrogens (tertiary/aromatic N) is 2. The van der Waals surface area contributed by atoms with Crippen molar-refractivity contribution >= 4 is 23.2 Å². The van der Waals surface area contributed by atoms with Crippen molar-refractivity contribution in [1.29, 1.82) is 0 Å². The molecule has 1 fully saturated rings. The van der Waals surface area contributed by atoms with E-state index in [-0.39, 0.29) is 24.3 Å². The van der Waals surface area contributed by atoms with Crippen LogP contribution in [0.15, 0.2) is 21.9 Å². The summed E-state index contributed by atoms with van der Waals surface area (Å²) < 4.78 is 21.1. The Kier molecular flexibility index (Phi) is 9.66. The molecule has 0 spiro atoms. The molecule has 0 saturated carbocycles. The summed E-state index contributed by atoms with van der Waals surface area (Å²) in [7, 11) is 1.62. The smallest absolute Gasteiger partial charge is 0.271 e. The first-order valence-corrected chi connectivity index (χ1v) is 11.7. The van der Waals surface area contributed by atoms with Crippen LogP contribution in [0.5, 0.6) is 0 Å². The second kappa shape index (κ2) is 12.7. The molecular formula is C22H31N3O6S. The maximum absolute atomic E-state index is 12.4. The van der Waals surface area contributed by atoms with Crippen LogP contribution in [0.3, 0.4) is 0 Å². The lowest BCUT2D eigenvalue weighted by atomic mass is 9.97. The Hall–Kier alpha value is -2.27. The van der Waals surface area contributed by atoms with Gasteiger partial charge in [0, 0.05) is 31.5 Å². The predicted molar refractivity (Wildman–Crippen MR) is 119 cm³/mol. The molecule has 0 aliphatic carbocycles. The molecule has 176 valence electrons. The number of rotatable bonds is 12. The van der Waals surface area contributed by atoms with Gasteiger partial charge in [-0.25, -0.2) is 4.98 Å². The highest BCUT2D eigenvalue weighted by atomic mass is 32.1. The van der Waals surface area contributed by atoms with Crippen LogP contribution in [0.1, 0.15) is 45.8 Å². The summed E-state index contributed by atoms with van der Waals surface area (Å²) in [6.45, 7) is 5.48. The average Bonchev–Trinajstić information content (AvgIpc) is 3.46. The number of ether oxygens (including phenoxy) is 3. The van der Waals surface area contributed by atoms with Gasteiger partial charge in [0.25, 0.3) is 5.91 Å². The van der Waals surface area contributed by atoms with Gasteiger partial charge in [-0.05, 0) is 31.9 Å². The minimum absolute atomic E-state index is 0.00675. The summed E-state index contributed by atoms with van der Waals surface area (Å²) in [5.41, 5.74) is 0.424. The van der Waals surface area contributed by atoms with E-state index in [1.807, 2.05) is 24.0 Å². The lowest BCUT2D eigenvalue weighted by Crippen LogP contribution is -2.40. The van der Waals surface area contributed by atoms with Crippen LogP contribution in [0.2, 0.25) is 0 Å². The second-order valence-electron chi connectivity index (χ2n) is 7.58. The summed E-state index contributed by atoms with van der Waals surface area (Å²) in [6.07, 6.45) is 1.65. The first-order valence-electron chi connectivity index (χ1n) is 10.8. The Labute approximate surface area is 192 Å². The normalized spacial score (nSPS) is 14.6. The molecule has 1 saturated heterocycles. The molecule has 3 rings (SSSR count). The highest BCUT2D eigenvalue weighted by molar-refractivity contribution is 7.09. The van der Waals surface area contributed by atoms with Gasteiger partial charge in [-0.1, -0.05) is 0 Å². The molecule has 0 bridgehead atoms. The maximum Gasteiger partial charge on any atom is 0.271 e. The third-order valence-electron chi connectivity index (χ3n) is 5.20. The molecule has 9 nitrogen and oxygen atoms in total. The quantitative estimate of drug-likeness (QED) is 0.480. The van der Waals surface area contributed by atoms with Crippen molar-refractivity contribution in [3.8, 4) is 0 Å². The lowest BCUT2D eigenvalue weighted by Gasteiger charge is -2.31. The molecule has 3 heterocycles. The number of thiazole rings is 1. The molecule has 0 aromatic carbocycles. The minimum Gasteiger partial charge on any atom is -0.465 e. The number of likely N-dealkylation sites (tertiary alicyclic amines) is 1. The van der Waals surface area contributed by atoms with Gasteiger partial charge in [-0.2, -0.15) is 0 Å². The van der Waals surface area contributed by atoms with Crippen LogP contribution < -0.4 is 5.32 Å². The Morgan fingerprint density at radius 3 is 2.66 bits per heavy atom. The number of aromatic nitrogens is 1. The second-order valence-corrected chi connectivity index (χ2v) is 8.47. The van der Waals surface area contributed by atoms with Crippen molar-refractivity contribution in [1.82, 2.24) is 15.2 Å². The van der Waals surface area contributed by atoms with Gasteiger partial charge >= 0.3 is 0 Å². The molecule has 2 aromatic rings. The third-order valence-corrected chi connectivity index (χ3v) is 6.21. The molecular weight excluding hydrogens is 434 g/mol. The zero-order chi connectivity index (χ0) is 22.8. The van der Waals surface area contributed by atoms with Gasteiger partial charge < -0.3 is 28.8 Å². The van der Waals surface area contributed by atoms with Crippen LogP contribution in [-0.4, -0.2) is 74.9 Å². The number of aryl methyl sites for hydroxylation is 1. The summed E-state index contributed by atoms with van der Waals surface area (Å²) in [5.74, 6) is 1.57. The molecule has 1 aliphatic rings. The van der Waals surface area contributed by atoms with E-state index < -0.39 is 0 Å². The van der Waals surface area contributed by atoms with Crippen LogP contribution in [-0.2, 0) is 25.5 Å². The number of hydrogen-bond acceptors (Lipinski definition) is 8. The van der Waals surface area contributed by atoms with E-state index in [4.69, 9.17) is 18.6 Å². The fourth-order valence-corrected chi connectivity index (χ4v) is 4.38. The van der Waals surface area contributed by atoms with Gasteiger partial charge in [-0.15, -0.1) is 11.3 Å². The van der Waals surface area contributed by atoms with Gasteiger partial charge in [-0.3, -0.25) is 9.59 Å². The molecule has 2 aromatic heterocycles. The standard InChI is InChI=1S/C22H31N3O6S/c1-16-3-4-18(31-16)13-23-21(27)19-15-32-22(24-19)17-5-7-25(8-6-17)20(26)14-30-12-11-29-10-9-28-2/h3-4,15,17H,5-14H2,1-2H3,(H,23,27). The van der Waals surface area contributed by atoms with Crippen LogP contribution >= 0.6 is 11.3 Å². The SMILES string of the molecule is COCCOCCOCC(=O)N1CCC(c2nc(C(=O)NCc3ccc(C)o3)cs2)CC1. The largest absolute Gasteiger partial charge is 0.465 e. The summed E-state index contributed by atoms with van der Waals surface area (Å²) in [5, 5.41) is 5.57. The van der Waals surface area contributed by atoms with Gasteiger partial charge in [0.1, 0.15) is 23.8 Å². The van der Waals surface area contributed by atoms with E-state index >= 15 is 0 Å². The molecule has 0 unspecified atom stereocenters. The molecule has 0 radical (unpaired) electrons. The zero-order valence-corrected chi connectivity index (χ0v) is 19.4. The Balaban J connectivity index is 1.35.